The number of benzene rings is 1. The summed E-state index contributed by atoms with van der Waals surface area (Å²) in [7, 11) is 0. The molecule has 0 bridgehead atoms. The second-order valence-electron chi connectivity index (χ2n) is 9.30. The second kappa shape index (κ2) is 14.0. The van der Waals surface area contributed by atoms with E-state index in [0.29, 0.717) is 37.9 Å². The molecule has 190 valence electrons. The number of amides is 2. The van der Waals surface area contributed by atoms with Crippen molar-refractivity contribution in [2.75, 3.05) is 5.32 Å². The Morgan fingerprint density at radius 3 is 2.35 bits per heavy atom. The zero-order chi connectivity index (χ0) is 25.1. The molecule has 1 aliphatic rings. The number of anilines is 1. The van der Waals surface area contributed by atoms with Crippen molar-refractivity contribution in [3.8, 4) is 0 Å². The first-order valence-corrected chi connectivity index (χ1v) is 11.9. The van der Waals surface area contributed by atoms with E-state index in [-0.39, 0.29) is 24.3 Å². The second-order valence-corrected chi connectivity index (χ2v) is 9.30. The maximum Gasteiger partial charge on any atom is 0.320 e. The van der Waals surface area contributed by atoms with Crippen molar-refractivity contribution < 1.29 is 29.8 Å². The molecule has 0 aliphatic carbocycles. The Bertz CT molecular complexity index is 832. The number of nitrogens with one attached hydrogen (secondary N) is 4. The predicted octanol–water partition coefficient (Wildman–Crippen LogP) is 1.89. The van der Waals surface area contributed by atoms with Crippen LogP contribution < -0.4 is 21.4 Å². The Morgan fingerprint density at radius 2 is 1.74 bits per heavy atom. The molecule has 7 N–H and O–H groups in total. The number of carboxylic acids is 1. The molecule has 2 amide bonds. The highest BCUT2D eigenvalue weighted by Gasteiger charge is 2.29. The summed E-state index contributed by atoms with van der Waals surface area (Å²) in [6.45, 7) is 4.39. The number of hydrogen-bond donors (Lipinski definition) is 7. The number of carbonyl (C=O) groups is 3. The van der Waals surface area contributed by atoms with Crippen LogP contribution >= 0.6 is 0 Å². The molecule has 0 saturated heterocycles. The monoisotopic (exact) mass is 478 g/mol. The van der Waals surface area contributed by atoms with E-state index in [1.165, 1.54) is 0 Å². The average Bonchev–Trinajstić information content (AvgIpc) is 2.79. The number of aliphatic hydroxyl groups excluding tert-OH is 1. The minimum atomic E-state index is -0.995. The topological polar surface area (TPSA) is 160 Å². The van der Waals surface area contributed by atoms with Gasteiger partial charge in [-0.25, -0.2) is 5.48 Å². The Morgan fingerprint density at radius 1 is 1.06 bits per heavy atom. The van der Waals surface area contributed by atoms with Crippen molar-refractivity contribution in [3.05, 3.63) is 29.3 Å². The molecule has 3 atom stereocenters. The fourth-order valence-corrected chi connectivity index (χ4v) is 4.08. The summed E-state index contributed by atoms with van der Waals surface area (Å²) < 4.78 is 0. The minimum Gasteiger partial charge on any atom is -0.480 e. The van der Waals surface area contributed by atoms with Crippen LogP contribution in [0.4, 0.5) is 5.69 Å². The number of carboxylic acid groups (broad SMARTS) is 1. The lowest BCUT2D eigenvalue weighted by molar-refractivity contribution is -0.141. The van der Waals surface area contributed by atoms with Crippen molar-refractivity contribution >= 4 is 23.5 Å². The van der Waals surface area contributed by atoms with E-state index < -0.39 is 24.1 Å². The van der Waals surface area contributed by atoms with Crippen LogP contribution in [0.5, 0.6) is 0 Å². The van der Waals surface area contributed by atoms with E-state index in [2.05, 4.69) is 16.0 Å². The third-order valence-corrected chi connectivity index (χ3v) is 5.93. The lowest BCUT2D eigenvalue weighted by Gasteiger charge is -2.32. The van der Waals surface area contributed by atoms with Crippen LogP contribution in [0.2, 0.25) is 0 Å². The third-order valence-electron chi connectivity index (χ3n) is 5.93. The molecule has 1 aliphatic heterocycles. The summed E-state index contributed by atoms with van der Waals surface area (Å²) >= 11 is 0. The van der Waals surface area contributed by atoms with Gasteiger partial charge in [0.05, 0.1) is 6.04 Å². The number of hydrogen-bond acceptors (Lipinski definition) is 7. The lowest BCUT2D eigenvalue weighted by Crippen LogP contribution is -2.55. The number of fused-ring (bicyclic) bond motifs is 1. The zero-order valence-electron chi connectivity index (χ0n) is 20.0. The lowest BCUT2D eigenvalue weighted by atomic mass is 9.94. The van der Waals surface area contributed by atoms with Gasteiger partial charge in [0.25, 0.3) is 0 Å². The van der Waals surface area contributed by atoms with E-state index in [9.17, 15) is 24.6 Å². The SMILES string of the molecule is CC(C)C[C@H](NC(O)[C@@H]1Cc2ccc(NC(=O)CCCCCCC(=O)NO)cc2CN1)C(=O)O. The molecule has 1 aromatic carbocycles. The molecule has 10 nitrogen and oxygen atoms in total. The number of carbonyl (C=O) groups excluding carboxylic acids is 2. The van der Waals surface area contributed by atoms with Crippen molar-refractivity contribution in [1.82, 2.24) is 16.1 Å². The molecule has 2 rings (SSSR count). The van der Waals surface area contributed by atoms with Crippen LogP contribution in [-0.2, 0) is 27.3 Å². The van der Waals surface area contributed by atoms with E-state index in [1.807, 2.05) is 32.0 Å². The van der Waals surface area contributed by atoms with Gasteiger partial charge < -0.3 is 20.8 Å². The maximum atomic E-state index is 12.2. The van der Waals surface area contributed by atoms with Crippen molar-refractivity contribution in [3.63, 3.8) is 0 Å². The normalized spacial score (nSPS) is 17.0. The summed E-state index contributed by atoms with van der Waals surface area (Å²) in [5.74, 6) is -1.25. The fourth-order valence-electron chi connectivity index (χ4n) is 4.08. The van der Waals surface area contributed by atoms with Gasteiger partial charge in [0.1, 0.15) is 12.3 Å². The van der Waals surface area contributed by atoms with Crippen molar-refractivity contribution in [1.29, 1.82) is 0 Å². The number of aliphatic carboxylic acids is 1. The van der Waals surface area contributed by atoms with E-state index in [0.717, 1.165) is 30.4 Å². The Hall–Kier alpha value is -2.53. The van der Waals surface area contributed by atoms with E-state index in [4.69, 9.17) is 5.21 Å². The van der Waals surface area contributed by atoms with Crippen molar-refractivity contribution in [2.45, 2.75) is 90.1 Å². The third kappa shape index (κ3) is 9.38. The van der Waals surface area contributed by atoms with Crippen LogP contribution in [0.3, 0.4) is 0 Å². The molecule has 0 spiro atoms. The van der Waals surface area contributed by atoms with Crippen LogP contribution in [0, 0.1) is 5.92 Å². The van der Waals surface area contributed by atoms with Crippen LogP contribution in [0.25, 0.3) is 0 Å². The van der Waals surface area contributed by atoms with Gasteiger partial charge >= 0.3 is 5.97 Å². The Kier molecular flexibility index (Phi) is 11.4. The van der Waals surface area contributed by atoms with Gasteiger partial charge in [-0.05, 0) is 54.9 Å². The Labute approximate surface area is 200 Å². The molecule has 0 fully saturated rings. The highest BCUT2D eigenvalue weighted by atomic mass is 16.5. The molecule has 0 aromatic heterocycles. The van der Waals surface area contributed by atoms with Gasteiger partial charge in [-0.15, -0.1) is 0 Å². The van der Waals surface area contributed by atoms with Crippen LogP contribution in [-0.4, -0.2) is 51.5 Å². The molecule has 0 saturated carbocycles. The molecular formula is C24H38N4O6. The maximum absolute atomic E-state index is 12.2. The first kappa shape index (κ1) is 27.7. The highest BCUT2D eigenvalue weighted by Crippen LogP contribution is 2.22. The minimum absolute atomic E-state index is 0.0702. The fraction of sp³-hybridized carbons (Fsp3) is 0.625. The summed E-state index contributed by atoms with van der Waals surface area (Å²) in [6.07, 6.45) is 3.69. The molecule has 1 unspecified atom stereocenters. The summed E-state index contributed by atoms with van der Waals surface area (Å²) in [5, 5.41) is 37.4. The van der Waals surface area contributed by atoms with Gasteiger partial charge in [-0.1, -0.05) is 32.8 Å². The molecular weight excluding hydrogens is 440 g/mol. The van der Waals surface area contributed by atoms with Gasteiger partial charge in [0.15, 0.2) is 0 Å². The summed E-state index contributed by atoms with van der Waals surface area (Å²) in [4.78, 5) is 34.6. The smallest absolute Gasteiger partial charge is 0.320 e. The van der Waals surface area contributed by atoms with Gasteiger partial charge in [-0.2, -0.15) is 0 Å². The average molecular weight is 479 g/mol. The number of rotatable bonds is 14. The molecule has 34 heavy (non-hydrogen) atoms. The van der Waals surface area contributed by atoms with Crippen LogP contribution in [0.15, 0.2) is 18.2 Å². The van der Waals surface area contributed by atoms with Crippen molar-refractivity contribution in [2.24, 2.45) is 5.92 Å². The standard InChI is InChI=1S/C24H38N4O6/c1-15(2)11-20(24(32)33)27-23(31)19-13-16-9-10-18(12-17(16)14-25-19)26-21(29)7-5-3-4-6-8-22(30)28-34/h9-10,12,15,19-20,23,25,27,31,34H,3-8,11,13-14H2,1-2H3,(H,26,29)(H,28,30)(H,32,33)/t19-,20-,23?/m0/s1. The highest BCUT2D eigenvalue weighted by molar-refractivity contribution is 5.90. The van der Waals surface area contributed by atoms with Gasteiger partial charge in [0, 0.05) is 25.1 Å². The van der Waals surface area contributed by atoms with E-state index in [1.54, 1.807) is 5.48 Å². The molecule has 10 heteroatoms. The first-order valence-electron chi connectivity index (χ1n) is 11.9. The number of aliphatic hydroxyl groups is 1. The first-order chi connectivity index (χ1) is 16.2. The summed E-state index contributed by atoms with van der Waals surface area (Å²) in [6, 6.07) is 4.56. The Balaban J connectivity index is 1.79. The number of hydroxylamine groups is 1. The van der Waals surface area contributed by atoms with Crippen LogP contribution in [0.1, 0.15) is 69.9 Å². The molecule has 0 radical (unpaired) electrons. The zero-order valence-corrected chi connectivity index (χ0v) is 20.0. The van der Waals surface area contributed by atoms with Gasteiger partial charge in [-0.3, -0.25) is 24.9 Å². The molecule has 1 heterocycles. The number of unbranched alkanes of at least 4 members (excludes halogenated alkanes) is 3. The predicted molar refractivity (Wildman–Crippen MR) is 127 cm³/mol. The quantitative estimate of drug-likeness (QED) is 0.0923. The van der Waals surface area contributed by atoms with E-state index >= 15 is 0 Å². The largest absolute Gasteiger partial charge is 0.480 e. The summed E-state index contributed by atoms with van der Waals surface area (Å²) in [5.41, 5.74) is 4.39. The van der Waals surface area contributed by atoms with Gasteiger partial charge in [0.2, 0.25) is 11.8 Å². The molecule has 1 aromatic rings.